The number of phenolic OH excluding ortho intramolecular Hbond substituents is 2. The number of carbonyl (C=O) groups excluding carboxylic acids is 2. The zero-order valence-corrected chi connectivity index (χ0v) is 16.0. The Morgan fingerprint density at radius 1 is 0.857 bits per heavy atom. The normalized spacial score (nSPS) is 10.2. The summed E-state index contributed by atoms with van der Waals surface area (Å²) in [4.78, 5) is 23.9. The number of carbonyl (C=O) groups is 2. The number of phenols is 2. The van der Waals surface area contributed by atoms with Crippen LogP contribution >= 0.6 is 12.9 Å². The number of aromatic hydroxyl groups is 2. The van der Waals surface area contributed by atoms with E-state index in [2.05, 4.69) is 17.1 Å². The molecule has 2 aromatic rings. The first-order chi connectivity index (χ1) is 13.5. The lowest BCUT2D eigenvalue weighted by Crippen LogP contribution is -2.09. The van der Waals surface area contributed by atoms with Gasteiger partial charge in [0, 0.05) is 19.0 Å². The second-order valence-electron chi connectivity index (χ2n) is 5.64. The summed E-state index contributed by atoms with van der Waals surface area (Å²) in [6.07, 6.45) is 0.987. The number of methoxy groups -OCH3 is 1. The molecule has 150 valence electrons. The van der Waals surface area contributed by atoms with Crippen molar-refractivity contribution < 1.29 is 38.2 Å². The fourth-order valence-electron chi connectivity index (χ4n) is 2.22. The van der Waals surface area contributed by atoms with E-state index >= 15 is 0 Å². The fourth-order valence-corrected chi connectivity index (χ4v) is 2.37. The Bertz CT molecular complexity index is 767. The quantitative estimate of drug-likeness (QED) is 0.251. The average Bonchev–Trinajstić information content (AvgIpc) is 2.70. The molecule has 2 rings (SSSR count). The molecule has 0 spiro atoms. The molecule has 0 fully saturated rings. The number of thiol groups is 1. The Labute approximate surface area is 167 Å². The first-order valence-electron chi connectivity index (χ1n) is 8.32. The summed E-state index contributed by atoms with van der Waals surface area (Å²) in [7, 11) is 1.38. The second-order valence-corrected chi connectivity index (χ2v) is 5.82. The van der Waals surface area contributed by atoms with Crippen molar-refractivity contribution in [3.63, 3.8) is 0 Å². The van der Waals surface area contributed by atoms with E-state index in [-0.39, 0.29) is 47.3 Å². The third-order valence-corrected chi connectivity index (χ3v) is 3.91. The van der Waals surface area contributed by atoms with Crippen LogP contribution in [0.2, 0.25) is 0 Å². The average molecular weight is 408 g/mol. The van der Waals surface area contributed by atoms with Crippen LogP contribution in [0.3, 0.4) is 0 Å². The molecular formula is C19H20O8S. The van der Waals surface area contributed by atoms with Gasteiger partial charge < -0.3 is 28.6 Å². The Kier molecular flexibility index (Phi) is 7.82. The number of unbranched alkanes of at least 4 members (excludes halogenated alkanes) is 1. The number of ether oxygens (including phenoxy) is 3. The van der Waals surface area contributed by atoms with E-state index in [4.69, 9.17) is 14.2 Å². The molecule has 9 heteroatoms. The van der Waals surface area contributed by atoms with Crippen LogP contribution in [0.25, 0.3) is 0 Å². The van der Waals surface area contributed by atoms with Crippen molar-refractivity contribution in [1.82, 2.24) is 0 Å². The smallest absolute Gasteiger partial charge is 0.338 e. The number of rotatable bonds is 9. The van der Waals surface area contributed by atoms with Crippen molar-refractivity contribution in [3.05, 3.63) is 47.5 Å². The maximum absolute atomic E-state index is 12.0. The highest BCUT2D eigenvalue weighted by Gasteiger charge is 2.12. The molecule has 0 unspecified atom stereocenters. The van der Waals surface area contributed by atoms with Gasteiger partial charge in [0.05, 0.1) is 31.5 Å². The summed E-state index contributed by atoms with van der Waals surface area (Å²) in [5.41, 5.74) is 0.477. The first-order valence-corrected chi connectivity index (χ1v) is 8.68. The van der Waals surface area contributed by atoms with Crippen molar-refractivity contribution in [2.24, 2.45) is 0 Å². The van der Waals surface area contributed by atoms with Gasteiger partial charge in [0.25, 0.3) is 0 Å². The lowest BCUT2D eigenvalue weighted by Gasteiger charge is -2.08. The van der Waals surface area contributed by atoms with Crippen LogP contribution in [0.4, 0.5) is 0 Å². The summed E-state index contributed by atoms with van der Waals surface area (Å²) in [6, 6.07) is 8.20. The van der Waals surface area contributed by atoms with Gasteiger partial charge in [-0.1, -0.05) is 0 Å². The molecule has 0 saturated heterocycles. The summed E-state index contributed by atoms with van der Waals surface area (Å²) >= 11 is 3.59. The predicted molar refractivity (Wildman–Crippen MR) is 102 cm³/mol. The topological polar surface area (TPSA) is 112 Å². The van der Waals surface area contributed by atoms with Crippen molar-refractivity contribution in [2.45, 2.75) is 12.8 Å². The molecular weight excluding hydrogens is 388 g/mol. The van der Waals surface area contributed by atoms with E-state index in [0.29, 0.717) is 12.8 Å². The third kappa shape index (κ3) is 5.71. The van der Waals surface area contributed by atoms with Crippen LogP contribution in [-0.4, -0.2) is 42.5 Å². The van der Waals surface area contributed by atoms with Crippen molar-refractivity contribution in [3.8, 4) is 23.0 Å². The van der Waals surface area contributed by atoms with E-state index < -0.39 is 11.9 Å². The Hall–Kier alpha value is -3.07. The largest absolute Gasteiger partial charge is 0.504 e. The monoisotopic (exact) mass is 408 g/mol. The standard InChI is InChI=1S/C19H20O8S/c1-24-16-10-12(4-6-14(16)20)18(22)25-8-2-3-9-26-19(23)13-5-7-15(21)17(11-13)27-28/h4-7,10-11,20-21,28H,2-3,8-9H2,1H3. The second kappa shape index (κ2) is 10.3. The lowest BCUT2D eigenvalue weighted by atomic mass is 10.2. The fraction of sp³-hybridized carbons (Fsp3) is 0.263. The maximum Gasteiger partial charge on any atom is 0.338 e. The van der Waals surface area contributed by atoms with E-state index in [0.717, 1.165) is 0 Å². The van der Waals surface area contributed by atoms with Gasteiger partial charge in [-0.15, -0.1) is 0 Å². The number of hydrogen-bond acceptors (Lipinski definition) is 9. The molecule has 0 heterocycles. The summed E-state index contributed by atoms with van der Waals surface area (Å²) < 4.78 is 19.8. The Balaban J connectivity index is 1.70. The van der Waals surface area contributed by atoms with Crippen LogP contribution in [0.1, 0.15) is 33.6 Å². The highest BCUT2D eigenvalue weighted by molar-refractivity contribution is 7.75. The van der Waals surface area contributed by atoms with E-state index in [1.807, 2.05) is 0 Å². The molecule has 0 aliphatic carbocycles. The van der Waals surface area contributed by atoms with Crippen LogP contribution in [0.15, 0.2) is 36.4 Å². The molecule has 0 radical (unpaired) electrons. The van der Waals surface area contributed by atoms with Crippen molar-refractivity contribution >= 4 is 24.8 Å². The van der Waals surface area contributed by atoms with Gasteiger partial charge in [-0.25, -0.2) is 9.59 Å². The van der Waals surface area contributed by atoms with E-state index in [1.54, 1.807) is 0 Å². The van der Waals surface area contributed by atoms with Crippen LogP contribution < -0.4 is 8.92 Å². The van der Waals surface area contributed by atoms with Crippen LogP contribution in [-0.2, 0) is 9.47 Å². The highest BCUT2D eigenvalue weighted by atomic mass is 32.1. The molecule has 28 heavy (non-hydrogen) atoms. The van der Waals surface area contributed by atoms with Gasteiger partial charge in [0.15, 0.2) is 23.0 Å². The molecule has 0 aromatic heterocycles. The Morgan fingerprint density at radius 3 is 1.79 bits per heavy atom. The van der Waals surface area contributed by atoms with Gasteiger partial charge in [0.1, 0.15) is 0 Å². The first kappa shape index (κ1) is 21.2. The van der Waals surface area contributed by atoms with Gasteiger partial charge >= 0.3 is 11.9 Å². The predicted octanol–water partition coefficient (Wildman–Crippen LogP) is 3.12. The van der Waals surface area contributed by atoms with Crippen LogP contribution in [0, 0.1) is 0 Å². The molecule has 0 aliphatic heterocycles. The van der Waals surface area contributed by atoms with Crippen molar-refractivity contribution in [1.29, 1.82) is 0 Å². The lowest BCUT2D eigenvalue weighted by molar-refractivity contribution is 0.0432. The third-order valence-electron chi connectivity index (χ3n) is 3.71. The summed E-state index contributed by atoms with van der Waals surface area (Å²) in [5.74, 6) is -1.08. The number of esters is 2. The van der Waals surface area contributed by atoms with Gasteiger partial charge in [-0.3, -0.25) is 0 Å². The minimum atomic E-state index is -0.570. The highest BCUT2D eigenvalue weighted by Crippen LogP contribution is 2.28. The zero-order valence-electron chi connectivity index (χ0n) is 15.1. The van der Waals surface area contributed by atoms with E-state index in [9.17, 15) is 19.8 Å². The van der Waals surface area contributed by atoms with Crippen LogP contribution in [0.5, 0.6) is 23.0 Å². The number of benzene rings is 2. The molecule has 2 N–H and O–H groups in total. The number of hydrogen-bond donors (Lipinski definition) is 3. The van der Waals surface area contributed by atoms with E-state index in [1.165, 1.54) is 43.5 Å². The Morgan fingerprint density at radius 2 is 1.32 bits per heavy atom. The molecule has 0 aliphatic rings. The van der Waals surface area contributed by atoms with Gasteiger partial charge in [0.2, 0.25) is 0 Å². The molecule has 0 amide bonds. The zero-order chi connectivity index (χ0) is 20.5. The molecule has 0 bridgehead atoms. The minimum absolute atomic E-state index is 0.0514. The molecule has 0 atom stereocenters. The maximum atomic E-state index is 12.0. The SMILES string of the molecule is COc1cc(C(=O)OCCCCOC(=O)c2ccc(O)c(OS)c2)ccc1O. The summed E-state index contributed by atoms with van der Waals surface area (Å²) in [6.45, 7) is 0.289. The summed E-state index contributed by atoms with van der Waals surface area (Å²) in [5, 5.41) is 19.0. The molecule has 0 saturated carbocycles. The molecule has 2 aromatic carbocycles. The molecule has 8 nitrogen and oxygen atoms in total. The van der Waals surface area contributed by atoms with Gasteiger partial charge in [-0.05, 0) is 43.2 Å². The van der Waals surface area contributed by atoms with Gasteiger partial charge in [-0.2, -0.15) is 0 Å². The van der Waals surface area contributed by atoms with Crippen molar-refractivity contribution in [2.75, 3.05) is 20.3 Å². The minimum Gasteiger partial charge on any atom is -0.504 e.